The highest BCUT2D eigenvalue weighted by atomic mass is 32.1. The van der Waals surface area contributed by atoms with E-state index in [1.165, 1.54) is 11.3 Å². The van der Waals surface area contributed by atoms with Gasteiger partial charge in [-0.15, -0.1) is 11.3 Å². The van der Waals surface area contributed by atoms with Crippen molar-refractivity contribution in [2.24, 2.45) is 0 Å². The number of rotatable bonds is 6. The number of likely N-dealkylation sites (tertiary alicyclic amines) is 1. The molecular formula is C26H23N3O2S. The molecule has 1 aliphatic rings. The minimum atomic E-state index is -0.0965. The summed E-state index contributed by atoms with van der Waals surface area (Å²) in [5.74, 6) is 0.144. The molecule has 160 valence electrons. The van der Waals surface area contributed by atoms with Gasteiger partial charge in [0.25, 0.3) is 5.91 Å². The number of nitrogens with one attached hydrogen (secondary N) is 1. The summed E-state index contributed by atoms with van der Waals surface area (Å²) in [4.78, 5) is 30.8. The van der Waals surface area contributed by atoms with E-state index in [4.69, 9.17) is 0 Å². The molecule has 5 rings (SSSR count). The lowest BCUT2D eigenvalue weighted by atomic mass is 9.98. The zero-order valence-corrected chi connectivity index (χ0v) is 18.4. The van der Waals surface area contributed by atoms with E-state index in [9.17, 15) is 9.59 Å². The molecule has 1 aliphatic heterocycles. The molecule has 2 amide bonds. The van der Waals surface area contributed by atoms with Crippen molar-refractivity contribution in [3.05, 3.63) is 88.9 Å². The number of fused-ring (bicyclic) bond motifs is 1. The summed E-state index contributed by atoms with van der Waals surface area (Å²) in [7, 11) is 0. The molecule has 6 heteroatoms. The van der Waals surface area contributed by atoms with Crippen molar-refractivity contribution in [3.63, 3.8) is 0 Å². The van der Waals surface area contributed by atoms with Gasteiger partial charge in [0.05, 0.1) is 15.7 Å². The Kier molecular flexibility index (Phi) is 5.69. The normalized spacial score (nSPS) is 13.6. The molecule has 2 heterocycles. The standard InChI is InChI=1S/C26H23N3O2S/c30-25-6-3-13-29(25)16-18-7-9-19(10-8-18)22-5-2-1-4-21(22)15-27-26(31)20-11-12-23-24(14-20)32-17-28-23/h1-2,4-5,7-12,14,17H,3,6,13,15-16H2,(H,27,31). The monoisotopic (exact) mass is 441 g/mol. The summed E-state index contributed by atoms with van der Waals surface area (Å²) in [5, 5.41) is 3.05. The lowest BCUT2D eigenvalue weighted by Gasteiger charge is -2.16. The van der Waals surface area contributed by atoms with Crippen LogP contribution in [0.15, 0.2) is 72.2 Å². The van der Waals surface area contributed by atoms with Crippen molar-refractivity contribution in [3.8, 4) is 11.1 Å². The van der Waals surface area contributed by atoms with Crippen molar-refractivity contribution in [2.45, 2.75) is 25.9 Å². The van der Waals surface area contributed by atoms with Crippen LogP contribution in [0.25, 0.3) is 21.3 Å². The third-order valence-corrected chi connectivity index (χ3v) is 6.65. The minimum Gasteiger partial charge on any atom is -0.348 e. The molecule has 32 heavy (non-hydrogen) atoms. The first-order valence-corrected chi connectivity index (χ1v) is 11.6. The SMILES string of the molecule is O=C(NCc1ccccc1-c1ccc(CN2CCCC2=O)cc1)c1ccc2ncsc2c1. The van der Waals surface area contributed by atoms with E-state index in [-0.39, 0.29) is 11.8 Å². The third kappa shape index (κ3) is 4.27. The van der Waals surface area contributed by atoms with Gasteiger partial charge in [0.1, 0.15) is 0 Å². The first-order chi connectivity index (χ1) is 15.7. The minimum absolute atomic E-state index is 0.0965. The predicted octanol–water partition coefficient (Wildman–Crippen LogP) is 5.02. The number of nitrogens with zero attached hydrogens (tertiary/aromatic N) is 2. The van der Waals surface area contributed by atoms with Gasteiger partial charge < -0.3 is 10.2 Å². The maximum Gasteiger partial charge on any atom is 0.251 e. The molecule has 0 unspecified atom stereocenters. The third-order valence-electron chi connectivity index (χ3n) is 5.86. The van der Waals surface area contributed by atoms with E-state index in [2.05, 4.69) is 40.6 Å². The Morgan fingerprint density at radius 2 is 1.91 bits per heavy atom. The van der Waals surface area contributed by atoms with Crippen LogP contribution in [0.5, 0.6) is 0 Å². The van der Waals surface area contributed by atoms with Gasteiger partial charge in [-0.2, -0.15) is 0 Å². The van der Waals surface area contributed by atoms with Crippen LogP contribution in [0.3, 0.4) is 0 Å². The smallest absolute Gasteiger partial charge is 0.251 e. The van der Waals surface area contributed by atoms with Gasteiger partial charge in [-0.25, -0.2) is 4.98 Å². The van der Waals surface area contributed by atoms with Crippen molar-refractivity contribution in [1.29, 1.82) is 0 Å². The number of benzene rings is 3. The molecule has 1 saturated heterocycles. The molecule has 0 saturated carbocycles. The quantitative estimate of drug-likeness (QED) is 0.457. The van der Waals surface area contributed by atoms with Crippen molar-refractivity contribution in [2.75, 3.05) is 6.54 Å². The van der Waals surface area contributed by atoms with Gasteiger partial charge in [-0.05, 0) is 46.9 Å². The Bertz CT molecular complexity index is 1280. The van der Waals surface area contributed by atoms with Crippen LogP contribution in [0.2, 0.25) is 0 Å². The Labute approximate surface area is 190 Å². The Morgan fingerprint density at radius 1 is 1.06 bits per heavy atom. The molecule has 0 atom stereocenters. The van der Waals surface area contributed by atoms with E-state index >= 15 is 0 Å². The molecule has 1 aromatic heterocycles. The fraction of sp³-hybridized carbons (Fsp3) is 0.192. The summed E-state index contributed by atoms with van der Waals surface area (Å²) >= 11 is 1.53. The lowest BCUT2D eigenvalue weighted by Crippen LogP contribution is -2.23. The molecular weight excluding hydrogens is 418 g/mol. The number of aromatic nitrogens is 1. The molecule has 0 spiro atoms. The zero-order chi connectivity index (χ0) is 21.9. The first kappa shape index (κ1) is 20.4. The molecule has 5 nitrogen and oxygen atoms in total. The summed E-state index contributed by atoms with van der Waals surface area (Å²) in [6, 6.07) is 22.0. The number of thiazole rings is 1. The van der Waals surface area contributed by atoms with Crippen LogP contribution in [-0.4, -0.2) is 28.2 Å². The van der Waals surface area contributed by atoms with Crippen LogP contribution < -0.4 is 5.32 Å². The first-order valence-electron chi connectivity index (χ1n) is 10.7. The number of carbonyl (C=O) groups excluding carboxylic acids is 2. The van der Waals surface area contributed by atoms with E-state index in [0.717, 1.165) is 45.4 Å². The van der Waals surface area contributed by atoms with E-state index in [0.29, 0.717) is 25.1 Å². The van der Waals surface area contributed by atoms with Gasteiger partial charge in [0.2, 0.25) is 5.91 Å². The fourth-order valence-corrected chi connectivity index (χ4v) is 4.83. The van der Waals surface area contributed by atoms with Crippen LogP contribution in [0, 0.1) is 0 Å². The van der Waals surface area contributed by atoms with Crippen molar-refractivity contribution < 1.29 is 9.59 Å². The number of amides is 2. The molecule has 0 aliphatic carbocycles. The molecule has 4 aromatic rings. The molecule has 0 radical (unpaired) electrons. The molecule has 1 N–H and O–H groups in total. The largest absolute Gasteiger partial charge is 0.348 e. The highest BCUT2D eigenvalue weighted by molar-refractivity contribution is 7.16. The maximum atomic E-state index is 12.7. The summed E-state index contributed by atoms with van der Waals surface area (Å²) in [6.45, 7) is 1.96. The summed E-state index contributed by atoms with van der Waals surface area (Å²) < 4.78 is 1.01. The second-order valence-electron chi connectivity index (χ2n) is 7.99. The number of carbonyl (C=O) groups is 2. The molecule has 1 fully saturated rings. The molecule has 0 bridgehead atoms. The highest BCUT2D eigenvalue weighted by Crippen LogP contribution is 2.25. The Hall–Kier alpha value is -3.51. The van der Waals surface area contributed by atoms with Crippen LogP contribution >= 0.6 is 11.3 Å². The Balaban J connectivity index is 1.29. The number of hydrogen-bond acceptors (Lipinski definition) is 4. The molecule has 3 aromatic carbocycles. The van der Waals surface area contributed by atoms with Gasteiger partial charge in [0.15, 0.2) is 0 Å². The predicted molar refractivity (Wildman–Crippen MR) is 127 cm³/mol. The van der Waals surface area contributed by atoms with E-state index < -0.39 is 0 Å². The van der Waals surface area contributed by atoms with Gasteiger partial charge >= 0.3 is 0 Å². The van der Waals surface area contributed by atoms with Crippen LogP contribution in [0.1, 0.15) is 34.3 Å². The highest BCUT2D eigenvalue weighted by Gasteiger charge is 2.20. The second-order valence-corrected chi connectivity index (χ2v) is 8.88. The number of hydrogen-bond donors (Lipinski definition) is 1. The lowest BCUT2D eigenvalue weighted by molar-refractivity contribution is -0.128. The van der Waals surface area contributed by atoms with Crippen molar-refractivity contribution in [1.82, 2.24) is 15.2 Å². The average Bonchev–Trinajstić information content (AvgIpc) is 3.46. The maximum absolute atomic E-state index is 12.7. The topological polar surface area (TPSA) is 62.3 Å². The van der Waals surface area contributed by atoms with E-state index in [1.54, 1.807) is 5.51 Å². The summed E-state index contributed by atoms with van der Waals surface area (Å²) in [5.41, 5.74) is 7.72. The van der Waals surface area contributed by atoms with Crippen LogP contribution in [-0.2, 0) is 17.9 Å². The second kappa shape index (κ2) is 8.93. The van der Waals surface area contributed by atoms with Gasteiger partial charge in [-0.3, -0.25) is 9.59 Å². The van der Waals surface area contributed by atoms with Crippen molar-refractivity contribution >= 4 is 33.4 Å². The fourth-order valence-electron chi connectivity index (χ4n) is 4.11. The average molecular weight is 442 g/mol. The zero-order valence-electron chi connectivity index (χ0n) is 17.6. The Morgan fingerprint density at radius 3 is 2.72 bits per heavy atom. The summed E-state index contributed by atoms with van der Waals surface area (Å²) in [6.07, 6.45) is 1.61. The van der Waals surface area contributed by atoms with E-state index in [1.807, 2.05) is 41.3 Å². The van der Waals surface area contributed by atoms with Gasteiger partial charge in [-0.1, -0.05) is 48.5 Å². The van der Waals surface area contributed by atoms with Crippen LogP contribution in [0.4, 0.5) is 0 Å². The van der Waals surface area contributed by atoms with Gasteiger partial charge in [0, 0.05) is 31.6 Å².